The van der Waals surface area contributed by atoms with Crippen LogP contribution in [0.4, 0.5) is 4.39 Å². The van der Waals surface area contributed by atoms with Gasteiger partial charge >= 0.3 is 0 Å². The Morgan fingerprint density at radius 1 is 1.25 bits per heavy atom. The van der Waals surface area contributed by atoms with Gasteiger partial charge in [0.05, 0.1) is 7.11 Å². The highest BCUT2D eigenvalue weighted by Crippen LogP contribution is 2.28. The van der Waals surface area contributed by atoms with Crippen LogP contribution in [0.2, 0.25) is 0 Å². The van der Waals surface area contributed by atoms with E-state index in [-0.39, 0.29) is 11.9 Å². The average Bonchev–Trinajstić information content (AvgIpc) is 2.43. The van der Waals surface area contributed by atoms with Crippen molar-refractivity contribution < 1.29 is 9.13 Å². The van der Waals surface area contributed by atoms with Crippen LogP contribution in [0.1, 0.15) is 17.2 Å². The van der Waals surface area contributed by atoms with Crippen molar-refractivity contribution in [2.75, 3.05) is 14.2 Å². The maximum Gasteiger partial charge on any atom is 0.124 e. The van der Waals surface area contributed by atoms with E-state index in [4.69, 9.17) is 4.74 Å². The molecule has 0 aromatic heterocycles. The highest BCUT2D eigenvalue weighted by molar-refractivity contribution is 9.10. The molecule has 106 valence electrons. The highest BCUT2D eigenvalue weighted by atomic mass is 79.9. The summed E-state index contributed by atoms with van der Waals surface area (Å²) in [5.74, 6) is 0.603. The van der Waals surface area contributed by atoms with Crippen molar-refractivity contribution in [3.63, 3.8) is 0 Å². The van der Waals surface area contributed by atoms with Crippen LogP contribution in [0, 0.1) is 5.82 Å². The van der Waals surface area contributed by atoms with Crippen LogP contribution in [-0.4, -0.2) is 14.2 Å². The van der Waals surface area contributed by atoms with Crippen LogP contribution in [0.25, 0.3) is 0 Å². The van der Waals surface area contributed by atoms with Gasteiger partial charge in [-0.3, -0.25) is 0 Å². The third-order valence-electron chi connectivity index (χ3n) is 3.22. The Labute approximate surface area is 127 Å². The summed E-state index contributed by atoms with van der Waals surface area (Å²) in [4.78, 5) is 0. The summed E-state index contributed by atoms with van der Waals surface area (Å²) in [6.45, 7) is 0. The molecule has 0 heterocycles. The molecule has 2 aromatic rings. The number of likely N-dealkylation sites (N-methyl/N-ethyl adjacent to an activating group) is 1. The second-order valence-corrected chi connectivity index (χ2v) is 5.48. The minimum Gasteiger partial charge on any atom is -0.496 e. The summed E-state index contributed by atoms with van der Waals surface area (Å²) in [7, 11) is 3.55. The van der Waals surface area contributed by atoms with Crippen molar-refractivity contribution in [1.82, 2.24) is 5.32 Å². The summed E-state index contributed by atoms with van der Waals surface area (Å²) in [6.07, 6.45) is 0.688. The van der Waals surface area contributed by atoms with E-state index in [2.05, 4.69) is 21.2 Å². The number of hydrogen-bond acceptors (Lipinski definition) is 2. The van der Waals surface area contributed by atoms with Crippen LogP contribution in [0.15, 0.2) is 46.9 Å². The number of para-hydroxylation sites is 1. The van der Waals surface area contributed by atoms with E-state index < -0.39 is 0 Å². The van der Waals surface area contributed by atoms with E-state index in [1.54, 1.807) is 13.2 Å². The molecular weight excluding hydrogens is 321 g/mol. The average molecular weight is 338 g/mol. The number of nitrogens with one attached hydrogen (secondary N) is 1. The quantitative estimate of drug-likeness (QED) is 0.886. The lowest BCUT2D eigenvalue weighted by atomic mass is 9.98. The molecule has 0 aliphatic carbocycles. The van der Waals surface area contributed by atoms with Gasteiger partial charge in [-0.25, -0.2) is 4.39 Å². The first kappa shape index (κ1) is 15.0. The second-order valence-electron chi connectivity index (χ2n) is 4.57. The SMILES string of the molecule is CNC(Cc1cc(F)cc(Br)c1)c1ccccc1OC. The smallest absolute Gasteiger partial charge is 0.124 e. The van der Waals surface area contributed by atoms with Gasteiger partial charge in [-0.1, -0.05) is 34.1 Å². The molecule has 0 amide bonds. The lowest BCUT2D eigenvalue weighted by Crippen LogP contribution is -2.19. The summed E-state index contributed by atoms with van der Waals surface area (Å²) in [5, 5.41) is 3.26. The first-order chi connectivity index (χ1) is 9.63. The van der Waals surface area contributed by atoms with Gasteiger partial charge in [-0.15, -0.1) is 0 Å². The molecule has 2 aromatic carbocycles. The van der Waals surface area contributed by atoms with Gasteiger partial charge in [0.15, 0.2) is 0 Å². The Morgan fingerprint density at radius 2 is 2.00 bits per heavy atom. The van der Waals surface area contributed by atoms with Crippen molar-refractivity contribution in [3.8, 4) is 5.75 Å². The molecule has 1 unspecified atom stereocenters. The van der Waals surface area contributed by atoms with Crippen LogP contribution in [0.5, 0.6) is 5.75 Å². The minimum absolute atomic E-state index is 0.0693. The van der Waals surface area contributed by atoms with Gasteiger partial charge in [0, 0.05) is 16.1 Å². The first-order valence-electron chi connectivity index (χ1n) is 6.39. The number of halogens is 2. The highest BCUT2D eigenvalue weighted by Gasteiger charge is 2.15. The standard InChI is InChI=1S/C16H17BrFNO/c1-19-15(14-5-3-4-6-16(14)20-2)9-11-7-12(17)10-13(18)8-11/h3-8,10,15,19H,9H2,1-2H3. The minimum atomic E-state index is -0.232. The van der Waals surface area contributed by atoms with Gasteiger partial charge in [-0.2, -0.15) is 0 Å². The fourth-order valence-corrected chi connectivity index (χ4v) is 2.80. The van der Waals surface area contributed by atoms with Crippen molar-refractivity contribution >= 4 is 15.9 Å². The first-order valence-corrected chi connectivity index (χ1v) is 7.18. The van der Waals surface area contributed by atoms with Crippen molar-refractivity contribution in [1.29, 1.82) is 0 Å². The third-order valence-corrected chi connectivity index (χ3v) is 3.68. The topological polar surface area (TPSA) is 21.3 Å². The Balaban J connectivity index is 2.28. The van der Waals surface area contributed by atoms with Crippen molar-refractivity contribution in [3.05, 3.63) is 63.9 Å². The molecule has 2 nitrogen and oxygen atoms in total. The van der Waals surface area contributed by atoms with Crippen LogP contribution >= 0.6 is 15.9 Å². The van der Waals surface area contributed by atoms with E-state index >= 15 is 0 Å². The Hall–Kier alpha value is -1.39. The zero-order valence-electron chi connectivity index (χ0n) is 11.5. The number of ether oxygens (including phenoxy) is 1. The molecule has 4 heteroatoms. The molecule has 1 N–H and O–H groups in total. The number of methoxy groups -OCH3 is 1. The summed E-state index contributed by atoms with van der Waals surface area (Å²) < 4.78 is 19.6. The number of rotatable bonds is 5. The predicted octanol–water partition coefficient (Wildman–Crippen LogP) is 4.10. The third kappa shape index (κ3) is 3.58. The molecule has 0 spiro atoms. The largest absolute Gasteiger partial charge is 0.496 e. The van der Waals surface area contributed by atoms with E-state index in [9.17, 15) is 4.39 Å². The number of benzene rings is 2. The molecule has 0 saturated heterocycles. The summed E-state index contributed by atoms with van der Waals surface area (Å²) in [5.41, 5.74) is 2.00. The van der Waals surface area contributed by atoms with Crippen LogP contribution in [-0.2, 0) is 6.42 Å². The zero-order valence-corrected chi connectivity index (χ0v) is 13.1. The molecular formula is C16H17BrFNO. The van der Waals surface area contributed by atoms with Gasteiger partial charge < -0.3 is 10.1 Å². The zero-order chi connectivity index (χ0) is 14.5. The Morgan fingerprint density at radius 3 is 2.65 bits per heavy atom. The van der Waals surface area contributed by atoms with Crippen molar-refractivity contribution in [2.24, 2.45) is 0 Å². The molecule has 0 radical (unpaired) electrons. The predicted molar refractivity (Wildman–Crippen MR) is 82.6 cm³/mol. The summed E-state index contributed by atoms with van der Waals surface area (Å²) >= 11 is 3.32. The van der Waals surface area contributed by atoms with E-state index in [1.807, 2.05) is 37.4 Å². The van der Waals surface area contributed by atoms with Gasteiger partial charge in [0.1, 0.15) is 11.6 Å². The number of hydrogen-bond donors (Lipinski definition) is 1. The maximum atomic E-state index is 13.5. The lowest BCUT2D eigenvalue weighted by Gasteiger charge is -2.19. The molecule has 2 rings (SSSR count). The van der Waals surface area contributed by atoms with E-state index in [1.165, 1.54) is 6.07 Å². The van der Waals surface area contributed by atoms with Gasteiger partial charge in [0.25, 0.3) is 0 Å². The normalized spacial score (nSPS) is 12.2. The Kier molecular flexibility index (Phi) is 5.15. The van der Waals surface area contributed by atoms with Gasteiger partial charge in [0.2, 0.25) is 0 Å². The van der Waals surface area contributed by atoms with Crippen molar-refractivity contribution in [2.45, 2.75) is 12.5 Å². The van der Waals surface area contributed by atoms with Crippen LogP contribution < -0.4 is 10.1 Å². The molecule has 0 fully saturated rings. The molecule has 0 aliphatic rings. The fourth-order valence-electron chi connectivity index (χ4n) is 2.29. The van der Waals surface area contributed by atoms with E-state index in [0.29, 0.717) is 6.42 Å². The molecule has 0 aliphatic heterocycles. The molecule has 20 heavy (non-hydrogen) atoms. The van der Waals surface area contributed by atoms with Crippen LogP contribution in [0.3, 0.4) is 0 Å². The van der Waals surface area contributed by atoms with E-state index in [0.717, 1.165) is 21.3 Å². The molecule has 0 bridgehead atoms. The molecule has 0 saturated carbocycles. The Bertz CT molecular complexity index is 568. The molecule has 1 atom stereocenters. The summed E-state index contributed by atoms with van der Waals surface area (Å²) in [6, 6.07) is 12.9. The fraction of sp³-hybridized carbons (Fsp3) is 0.250. The monoisotopic (exact) mass is 337 g/mol. The maximum absolute atomic E-state index is 13.5. The second kappa shape index (κ2) is 6.86. The lowest BCUT2D eigenvalue weighted by molar-refractivity contribution is 0.401. The van der Waals surface area contributed by atoms with Gasteiger partial charge in [-0.05, 0) is 43.3 Å².